The van der Waals surface area contributed by atoms with Crippen molar-refractivity contribution >= 4 is 17.5 Å². The predicted molar refractivity (Wildman–Crippen MR) is 95.8 cm³/mol. The summed E-state index contributed by atoms with van der Waals surface area (Å²) in [6, 6.07) is 7.89. The third-order valence-electron chi connectivity index (χ3n) is 4.74. The maximum absolute atomic E-state index is 12.7. The number of amides is 1. The van der Waals surface area contributed by atoms with E-state index in [1.807, 2.05) is 43.0 Å². The van der Waals surface area contributed by atoms with E-state index in [4.69, 9.17) is 17.3 Å². The summed E-state index contributed by atoms with van der Waals surface area (Å²) in [6.07, 6.45) is 1.71. The molecular formula is C18H23ClN4O. The molecule has 2 atom stereocenters. The standard InChI is InChI=1S/C18H23ClN4O/c1-11-10-15(20)8-9-22(11)18(24)14-4-6-16(7-5-14)23-13(3)17(19)12(2)21-23/h4-7,11,15H,8-10,20H2,1-3H3/t11-,15-/m1/s1. The molecule has 24 heavy (non-hydrogen) atoms. The Kier molecular flexibility index (Phi) is 4.65. The summed E-state index contributed by atoms with van der Waals surface area (Å²) in [4.78, 5) is 14.6. The minimum atomic E-state index is 0.0624. The van der Waals surface area contributed by atoms with Gasteiger partial charge in [0, 0.05) is 24.2 Å². The molecule has 1 amide bonds. The molecule has 0 saturated carbocycles. The quantitative estimate of drug-likeness (QED) is 0.908. The van der Waals surface area contributed by atoms with E-state index in [1.165, 1.54) is 0 Å². The smallest absolute Gasteiger partial charge is 0.254 e. The number of carbonyl (C=O) groups excluding carboxylic acids is 1. The second-order valence-corrected chi connectivity index (χ2v) is 6.95. The van der Waals surface area contributed by atoms with Gasteiger partial charge in [0.15, 0.2) is 0 Å². The number of halogens is 1. The average Bonchev–Trinajstić information content (AvgIpc) is 2.82. The normalized spacial score (nSPS) is 21.1. The van der Waals surface area contributed by atoms with Crippen LogP contribution in [0, 0.1) is 13.8 Å². The van der Waals surface area contributed by atoms with Crippen LogP contribution in [-0.2, 0) is 0 Å². The Morgan fingerprint density at radius 3 is 2.50 bits per heavy atom. The molecule has 2 aromatic rings. The summed E-state index contributed by atoms with van der Waals surface area (Å²) >= 11 is 6.21. The van der Waals surface area contributed by atoms with Gasteiger partial charge in [0.05, 0.1) is 22.1 Å². The largest absolute Gasteiger partial charge is 0.336 e. The fourth-order valence-electron chi connectivity index (χ4n) is 3.30. The van der Waals surface area contributed by atoms with Crippen LogP contribution in [0.2, 0.25) is 5.02 Å². The van der Waals surface area contributed by atoms with Crippen molar-refractivity contribution in [1.29, 1.82) is 0 Å². The van der Waals surface area contributed by atoms with Crippen molar-refractivity contribution < 1.29 is 4.79 Å². The van der Waals surface area contributed by atoms with E-state index >= 15 is 0 Å². The third-order valence-corrected chi connectivity index (χ3v) is 5.29. The van der Waals surface area contributed by atoms with Gasteiger partial charge in [0.1, 0.15) is 0 Å². The van der Waals surface area contributed by atoms with Crippen LogP contribution in [0.3, 0.4) is 0 Å². The van der Waals surface area contributed by atoms with Crippen molar-refractivity contribution in [2.24, 2.45) is 5.73 Å². The van der Waals surface area contributed by atoms with E-state index in [1.54, 1.807) is 4.68 Å². The zero-order valence-electron chi connectivity index (χ0n) is 14.3. The van der Waals surface area contributed by atoms with Crippen LogP contribution in [-0.4, -0.2) is 39.2 Å². The molecule has 0 aliphatic carbocycles. The SMILES string of the molecule is Cc1nn(-c2ccc(C(=O)N3CC[C@@H](N)C[C@H]3C)cc2)c(C)c1Cl. The molecule has 5 nitrogen and oxygen atoms in total. The fourth-order valence-corrected chi connectivity index (χ4v) is 3.41. The van der Waals surface area contributed by atoms with Gasteiger partial charge in [0.25, 0.3) is 5.91 Å². The van der Waals surface area contributed by atoms with Crippen molar-refractivity contribution in [3.8, 4) is 5.69 Å². The number of aromatic nitrogens is 2. The van der Waals surface area contributed by atoms with Gasteiger partial charge in [-0.25, -0.2) is 4.68 Å². The molecule has 2 heterocycles. The van der Waals surface area contributed by atoms with Crippen LogP contribution in [0.5, 0.6) is 0 Å². The molecule has 1 aromatic heterocycles. The fraction of sp³-hybridized carbons (Fsp3) is 0.444. The van der Waals surface area contributed by atoms with Crippen LogP contribution in [0.1, 0.15) is 41.5 Å². The first kappa shape index (κ1) is 17.0. The van der Waals surface area contributed by atoms with Gasteiger partial charge in [-0.3, -0.25) is 4.79 Å². The number of nitrogens with zero attached hydrogens (tertiary/aromatic N) is 3. The molecule has 3 rings (SSSR count). The number of rotatable bonds is 2. The molecule has 0 radical (unpaired) electrons. The van der Waals surface area contributed by atoms with Crippen LogP contribution in [0.25, 0.3) is 5.69 Å². The van der Waals surface area contributed by atoms with Gasteiger partial charge in [-0.15, -0.1) is 0 Å². The monoisotopic (exact) mass is 346 g/mol. The Hall–Kier alpha value is -1.85. The number of hydrogen-bond donors (Lipinski definition) is 1. The third kappa shape index (κ3) is 3.06. The van der Waals surface area contributed by atoms with E-state index in [0.29, 0.717) is 10.6 Å². The predicted octanol–water partition coefficient (Wildman–Crippen LogP) is 3.09. The maximum atomic E-state index is 12.7. The zero-order chi connectivity index (χ0) is 17.4. The number of piperidine rings is 1. The number of carbonyl (C=O) groups is 1. The highest BCUT2D eigenvalue weighted by atomic mass is 35.5. The summed E-state index contributed by atoms with van der Waals surface area (Å²) in [6.45, 7) is 6.59. The number of nitrogens with two attached hydrogens (primary N) is 1. The van der Waals surface area contributed by atoms with Gasteiger partial charge >= 0.3 is 0 Å². The van der Waals surface area contributed by atoms with Crippen molar-refractivity contribution in [3.05, 3.63) is 46.2 Å². The molecule has 0 unspecified atom stereocenters. The Balaban J connectivity index is 1.81. The summed E-state index contributed by atoms with van der Waals surface area (Å²) in [5, 5.41) is 5.11. The minimum Gasteiger partial charge on any atom is -0.336 e. The van der Waals surface area contributed by atoms with Gasteiger partial charge in [0.2, 0.25) is 0 Å². The second kappa shape index (κ2) is 6.57. The lowest BCUT2D eigenvalue weighted by Crippen LogP contribution is -2.48. The Morgan fingerprint density at radius 2 is 1.96 bits per heavy atom. The van der Waals surface area contributed by atoms with Crippen molar-refractivity contribution in [3.63, 3.8) is 0 Å². The van der Waals surface area contributed by atoms with Crippen LogP contribution in [0.15, 0.2) is 24.3 Å². The van der Waals surface area contributed by atoms with Gasteiger partial charge in [-0.1, -0.05) is 11.6 Å². The van der Waals surface area contributed by atoms with Crippen LogP contribution >= 0.6 is 11.6 Å². The van der Waals surface area contributed by atoms with Crippen molar-refractivity contribution in [2.45, 2.75) is 45.7 Å². The maximum Gasteiger partial charge on any atom is 0.254 e. The molecule has 1 aliphatic heterocycles. The number of aryl methyl sites for hydroxylation is 1. The zero-order valence-corrected chi connectivity index (χ0v) is 15.0. The van der Waals surface area contributed by atoms with Crippen molar-refractivity contribution in [1.82, 2.24) is 14.7 Å². The first-order chi connectivity index (χ1) is 11.4. The first-order valence-corrected chi connectivity index (χ1v) is 8.65. The lowest BCUT2D eigenvalue weighted by molar-refractivity contribution is 0.0619. The molecule has 1 fully saturated rings. The lowest BCUT2D eigenvalue weighted by atomic mass is 9.98. The average molecular weight is 347 g/mol. The highest BCUT2D eigenvalue weighted by Crippen LogP contribution is 2.23. The molecule has 1 aromatic carbocycles. The van der Waals surface area contributed by atoms with Crippen molar-refractivity contribution in [2.75, 3.05) is 6.54 Å². The van der Waals surface area contributed by atoms with E-state index in [2.05, 4.69) is 12.0 Å². The summed E-state index contributed by atoms with van der Waals surface area (Å²) in [7, 11) is 0. The Bertz CT molecular complexity index is 753. The van der Waals surface area contributed by atoms with E-state index in [-0.39, 0.29) is 18.0 Å². The van der Waals surface area contributed by atoms with E-state index < -0.39 is 0 Å². The van der Waals surface area contributed by atoms with Gasteiger partial charge in [-0.2, -0.15) is 5.10 Å². The molecule has 0 spiro atoms. The van der Waals surface area contributed by atoms with Crippen LogP contribution < -0.4 is 5.73 Å². The summed E-state index contributed by atoms with van der Waals surface area (Å²) in [5.41, 5.74) is 9.26. The molecular weight excluding hydrogens is 324 g/mol. The van der Waals surface area contributed by atoms with Gasteiger partial charge < -0.3 is 10.6 Å². The molecule has 1 aliphatic rings. The molecule has 1 saturated heterocycles. The Morgan fingerprint density at radius 1 is 1.29 bits per heavy atom. The highest BCUT2D eigenvalue weighted by molar-refractivity contribution is 6.31. The van der Waals surface area contributed by atoms with Gasteiger partial charge in [-0.05, 0) is 57.9 Å². The number of hydrogen-bond acceptors (Lipinski definition) is 3. The molecule has 0 bridgehead atoms. The first-order valence-electron chi connectivity index (χ1n) is 8.27. The minimum absolute atomic E-state index is 0.0624. The number of likely N-dealkylation sites (tertiary alicyclic amines) is 1. The highest BCUT2D eigenvalue weighted by Gasteiger charge is 2.27. The Labute approximate surface area is 147 Å². The van der Waals surface area contributed by atoms with Crippen LogP contribution in [0.4, 0.5) is 0 Å². The molecule has 128 valence electrons. The lowest BCUT2D eigenvalue weighted by Gasteiger charge is -2.36. The summed E-state index contributed by atoms with van der Waals surface area (Å²) < 4.78 is 1.80. The van der Waals surface area contributed by atoms with E-state index in [0.717, 1.165) is 36.5 Å². The van der Waals surface area contributed by atoms with E-state index in [9.17, 15) is 4.79 Å². The summed E-state index contributed by atoms with van der Waals surface area (Å²) in [5.74, 6) is 0.0624. The number of benzene rings is 1. The second-order valence-electron chi connectivity index (χ2n) is 6.58. The molecule has 2 N–H and O–H groups in total. The molecule has 6 heteroatoms. The topological polar surface area (TPSA) is 64.2 Å².